The Labute approximate surface area is 391 Å². The molecule has 0 spiro atoms. The predicted octanol–water partition coefficient (Wildman–Crippen LogP) is 2.33. The number of rotatable bonds is 23. The topological polar surface area (TPSA) is 321 Å². The zero-order valence-corrected chi connectivity index (χ0v) is 40.0. The molecule has 6 amide bonds. The van der Waals surface area contributed by atoms with Gasteiger partial charge in [-0.1, -0.05) is 56.3 Å². The van der Waals surface area contributed by atoms with Crippen molar-refractivity contribution < 1.29 is 57.7 Å². The maximum Gasteiger partial charge on any atom is 0.514 e. The molecule has 21 nitrogen and oxygen atoms in total. The molecule has 0 saturated heterocycles. The highest BCUT2D eigenvalue weighted by atomic mass is 16.7. The lowest BCUT2D eigenvalue weighted by Crippen LogP contribution is -2.57. The zero-order valence-electron chi connectivity index (χ0n) is 40.0. The van der Waals surface area contributed by atoms with Crippen molar-refractivity contribution in [3.8, 4) is 5.75 Å². The molecule has 0 unspecified atom stereocenters. The molecule has 0 heterocycles. The first-order valence-corrected chi connectivity index (χ1v) is 21.9. The fraction of sp³-hybridized carbons (Fsp3) is 0.543. The van der Waals surface area contributed by atoms with Crippen molar-refractivity contribution in [3.63, 3.8) is 0 Å². The third-order valence-electron chi connectivity index (χ3n) is 9.27. The molecule has 21 heteroatoms. The molecule has 0 saturated carbocycles. The van der Waals surface area contributed by atoms with E-state index in [1.165, 1.54) is 19.1 Å². The van der Waals surface area contributed by atoms with Crippen LogP contribution in [0.3, 0.4) is 0 Å². The molecule has 0 fully saturated rings. The van der Waals surface area contributed by atoms with Crippen LogP contribution >= 0.6 is 0 Å². The molecule has 2 aromatic carbocycles. The maximum atomic E-state index is 13.9. The third-order valence-corrected chi connectivity index (χ3v) is 9.27. The van der Waals surface area contributed by atoms with Gasteiger partial charge in [-0.3, -0.25) is 29.0 Å². The average molecular weight is 940 g/mol. The number of nitrogens with one attached hydrogen (secondary N) is 6. The van der Waals surface area contributed by atoms with Crippen LogP contribution in [0.5, 0.6) is 5.75 Å². The summed E-state index contributed by atoms with van der Waals surface area (Å²) in [5.41, 5.74) is 10.4. The van der Waals surface area contributed by atoms with Gasteiger partial charge in [-0.25, -0.2) is 14.4 Å². The van der Waals surface area contributed by atoms with Crippen LogP contribution in [0.25, 0.3) is 0 Å². The summed E-state index contributed by atoms with van der Waals surface area (Å²) in [5, 5.41) is 25.1. The number of carbonyl (C=O) groups is 8. The van der Waals surface area contributed by atoms with E-state index < -0.39 is 102 Å². The normalized spacial score (nSPS) is 14.0. The van der Waals surface area contributed by atoms with Gasteiger partial charge in [-0.05, 0) is 104 Å². The van der Waals surface area contributed by atoms with E-state index in [0.717, 1.165) is 0 Å². The van der Waals surface area contributed by atoms with Crippen molar-refractivity contribution in [3.05, 3.63) is 65.7 Å². The minimum absolute atomic E-state index is 0.00386. The second-order valence-corrected chi connectivity index (χ2v) is 18.4. The lowest BCUT2D eigenvalue weighted by atomic mass is 10.00. The van der Waals surface area contributed by atoms with Crippen LogP contribution in [0.4, 0.5) is 9.59 Å². The molecule has 2 aromatic rings. The van der Waals surface area contributed by atoms with Crippen LogP contribution in [0.15, 0.2) is 59.6 Å². The van der Waals surface area contributed by atoms with Gasteiger partial charge >= 0.3 is 18.2 Å². The molecular weight excluding hydrogens is 871 g/mol. The van der Waals surface area contributed by atoms with E-state index in [4.69, 9.17) is 25.7 Å². The summed E-state index contributed by atoms with van der Waals surface area (Å²) in [5.74, 6) is -5.21. The molecule has 0 aliphatic heterocycles. The average Bonchev–Trinajstić information content (AvgIpc) is 3.19. The highest BCUT2D eigenvalue weighted by Crippen LogP contribution is 2.17. The number of nitrogens with two attached hydrogens (primary N) is 2. The summed E-state index contributed by atoms with van der Waals surface area (Å²) in [7, 11) is 0. The Bertz CT molecular complexity index is 2030. The quantitative estimate of drug-likeness (QED) is 0.0334. The van der Waals surface area contributed by atoms with E-state index in [2.05, 4.69) is 36.9 Å². The molecule has 370 valence electrons. The molecule has 0 aliphatic rings. The molecule has 2 rings (SSSR count). The summed E-state index contributed by atoms with van der Waals surface area (Å²) in [6, 6.07) is 8.19. The molecular formula is C46H69N9O12. The minimum atomic E-state index is -1.31. The maximum absolute atomic E-state index is 13.9. The fourth-order valence-electron chi connectivity index (χ4n) is 6.19. The standard InChI is InChI=1S/C46H69N9O12/c1-26(2)22-33(39(59)53-32(41(61)62)21-16-27(3)50-42(47)48)54-40(60)34(23-29-14-12-11-13-15-29)52-36(56)25-49-37(57)28(4)51-38(58)35(55-43(63)66-45(5,6)7)24-30-17-19-31(20-18-30)65-44(64)67-46(8,9)10/h11-15,17-20,26-28,32-35H,16,21-25H2,1-10H3,(H,49,57)(H,51,58)(H,52,56)(H,53,59)(H,54,60)(H,55,63)(H,61,62)(H4,47,48,50)/t27-,28+,32+,33+,34+,35+/m1/s1. The number of ether oxygens (including phenoxy) is 3. The largest absolute Gasteiger partial charge is 0.514 e. The number of carboxylic acid groups (broad SMARTS) is 1. The number of carboxylic acids is 1. The summed E-state index contributed by atoms with van der Waals surface area (Å²) in [6.07, 6.45) is -1.52. The van der Waals surface area contributed by atoms with Gasteiger partial charge in [-0.15, -0.1) is 0 Å². The monoisotopic (exact) mass is 940 g/mol. The van der Waals surface area contributed by atoms with Crippen LogP contribution < -0.4 is 48.1 Å². The Morgan fingerprint density at radius 1 is 0.627 bits per heavy atom. The van der Waals surface area contributed by atoms with Gasteiger partial charge < -0.3 is 62.7 Å². The first kappa shape index (κ1) is 56.2. The number of aliphatic carboxylic acids is 1. The highest BCUT2D eigenvalue weighted by molar-refractivity contribution is 5.95. The van der Waals surface area contributed by atoms with E-state index in [9.17, 15) is 43.5 Å². The van der Waals surface area contributed by atoms with Crippen molar-refractivity contribution in [1.29, 1.82) is 0 Å². The van der Waals surface area contributed by atoms with Gasteiger partial charge in [0, 0.05) is 12.8 Å². The second kappa shape index (κ2) is 26.3. The molecule has 6 atom stereocenters. The number of carbonyl (C=O) groups excluding carboxylic acids is 7. The first-order valence-electron chi connectivity index (χ1n) is 21.9. The summed E-state index contributed by atoms with van der Waals surface area (Å²) in [4.78, 5) is 109. The Hall–Kier alpha value is -6.93. The van der Waals surface area contributed by atoms with Crippen LogP contribution in [0.2, 0.25) is 0 Å². The van der Waals surface area contributed by atoms with E-state index in [1.54, 1.807) is 90.9 Å². The molecule has 0 radical (unpaired) electrons. The van der Waals surface area contributed by atoms with E-state index >= 15 is 0 Å². The van der Waals surface area contributed by atoms with Gasteiger partial charge in [0.05, 0.1) is 12.6 Å². The van der Waals surface area contributed by atoms with E-state index in [1.807, 2.05) is 13.8 Å². The molecule has 0 aromatic heterocycles. The lowest BCUT2D eigenvalue weighted by molar-refractivity contribution is -0.142. The Kier molecular flexibility index (Phi) is 22.0. The molecule has 0 bridgehead atoms. The highest BCUT2D eigenvalue weighted by Gasteiger charge is 2.32. The fourth-order valence-corrected chi connectivity index (χ4v) is 6.19. The number of benzene rings is 2. The van der Waals surface area contributed by atoms with Crippen molar-refractivity contribution in [2.75, 3.05) is 6.54 Å². The number of nitrogens with zero attached hydrogens (tertiary/aromatic N) is 1. The summed E-state index contributed by atoms with van der Waals surface area (Å²) in [6.45, 7) is 16.1. The third kappa shape index (κ3) is 23.2. The summed E-state index contributed by atoms with van der Waals surface area (Å²) >= 11 is 0. The van der Waals surface area contributed by atoms with Crippen molar-refractivity contribution in [1.82, 2.24) is 31.9 Å². The number of amides is 6. The number of guanidine groups is 1. The van der Waals surface area contributed by atoms with E-state index in [-0.39, 0.29) is 49.7 Å². The van der Waals surface area contributed by atoms with Crippen molar-refractivity contribution in [2.45, 2.75) is 149 Å². The van der Waals surface area contributed by atoms with Gasteiger partial charge in [0.1, 0.15) is 47.2 Å². The number of aliphatic imine (C=N–C) groups is 1. The zero-order chi connectivity index (χ0) is 50.6. The van der Waals surface area contributed by atoms with Gasteiger partial charge in [0.15, 0.2) is 5.96 Å². The SMILES string of the molecule is CC(C)C[C@H](NC(=O)[C@H](Cc1ccccc1)NC(=O)CNC(=O)[C@H](C)NC(=O)[C@H](Cc1ccc(OC(=O)OC(C)(C)C)cc1)NC(=O)OC(C)(C)C)C(=O)N[C@@H](CC[C@@H](C)N=C(N)N)C(=O)O. The predicted molar refractivity (Wildman–Crippen MR) is 248 cm³/mol. The lowest BCUT2D eigenvalue weighted by Gasteiger charge is -2.26. The Morgan fingerprint density at radius 3 is 1.69 bits per heavy atom. The Balaban J connectivity index is 2.18. The molecule has 11 N–H and O–H groups in total. The van der Waals surface area contributed by atoms with Crippen LogP contribution in [0, 0.1) is 5.92 Å². The van der Waals surface area contributed by atoms with Crippen LogP contribution in [0.1, 0.15) is 99.6 Å². The molecule has 67 heavy (non-hydrogen) atoms. The number of hydrogen-bond acceptors (Lipinski definition) is 12. The minimum Gasteiger partial charge on any atom is -0.480 e. The van der Waals surface area contributed by atoms with Crippen molar-refractivity contribution >= 4 is 53.7 Å². The van der Waals surface area contributed by atoms with Crippen LogP contribution in [-0.4, -0.2) is 113 Å². The number of alkyl carbamates (subject to hydrolysis) is 1. The van der Waals surface area contributed by atoms with Gasteiger partial charge in [-0.2, -0.15) is 0 Å². The van der Waals surface area contributed by atoms with Gasteiger partial charge in [0.2, 0.25) is 29.5 Å². The van der Waals surface area contributed by atoms with Crippen molar-refractivity contribution in [2.24, 2.45) is 22.4 Å². The second-order valence-electron chi connectivity index (χ2n) is 18.4. The van der Waals surface area contributed by atoms with E-state index in [0.29, 0.717) is 11.1 Å². The summed E-state index contributed by atoms with van der Waals surface area (Å²) < 4.78 is 15.7. The van der Waals surface area contributed by atoms with Gasteiger partial charge in [0.25, 0.3) is 0 Å². The first-order chi connectivity index (χ1) is 31.1. The molecule has 0 aliphatic carbocycles. The van der Waals surface area contributed by atoms with Crippen LogP contribution in [-0.2, 0) is 51.1 Å². The smallest absolute Gasteiger partial charge is 0.480 e. The Morgan fingerprint density at radius 2 is 1.15 bits per heavy atom. The number of hydrogen-bond donors (Lipinski definition) is 9.